The number of hydrogen-bond acceptors (Lipinski definition) is 1. The highest BCUT2D eigenvalue weighted by molar-refractivity contribution is 5.26. The van der Waals surface area contributed by atoms with E-state index in [0.717, 1.165) is 0 Å². The van der Waals surface area contributed by atoms with Crippen molar-refractivity contribution in [3.63, 3.8) is 0 Å². The summed E-state index contributed by atoms with van der Waals surface area (Å²) >= 11 is 0. The van der Waals surface area contributed by atoms with E-state index < -0.39 is 0 Å². The monoisotopic (exact) mass is 275 g/mol. The Labute approximate surface area is 126 Å². The van der Waals surface area contributed by atoms with E-state index >= 15 is 0 Å². The van der Waals surface area contributed by atoms with Crippen molar-refractivity contribution in [1.82, 2.24) is 0 Å². The molecule has 20 heavy (non-hydrogen) atoms. The molecule has 0 aliphatic carbocycles. The molecule has 1 aromatic rings. The van der Waals surface area contributed by atoms with E-state index in [2.05, 4.69) is 31.2 Å². The lowest BCUT2D eigenvalue weighted by Gasteiger charge is -2.07. The fourth-order valence-corrected chi connectivity index (χ4v) is 2.80. The van der Waals surface area contributed by atoms with Crippen LogP contribution in [0.2, 0.25) is 0 Å². The normalized spacial score (nSPS) is 10.9. The van der Waals surface area contributed by atoms with Crippen LogP contribution in [0.15, 0.2) is 24.3 Å². The van der Waals surface area contributed by atoms with Gasteiger partial charge in [-0.15, -0.1) is 0 Å². The van der Waals surface area contributed by atoms with E-state index in [1.54, 1.807) is 0 Å². The molecule has 0 amide bonds. The molecule has 2 N–H and O–H groups in total. The lowest BCUT2D eigenvalue weighted by molar-refractivity contribution is 0.556. The minimum absolute atomic E-state index is 0.675. The summed E-state index contributed by atoms with van der Waals surface area (Å²) in [4.78, 5) is 0. The molecular formula is C19H33N. The lowest BCUT2D eigenvalue weighted by Crippen LogP contribution is -2.01. The Bertz CT molecular complexity index is 332. The van der Waals surface area contributed by atoms with Crippen LogP contribution < -0.4 is 5.73 Å². The van der Waals surface area contributed by atoms with Gasteiger partial charge in [0.15, 0.2) is 0 Å². The zero-order valence-corrected chi connectivity index (χ0v) is 13.4. The molecule has 0 atom stereocenters. The maximum absolute atomic E-state index is 5.77. The van der Waals surface area contributed by atoms with Crippen LogP contribution in [0.1, 0.15) is 82.3 Å². The molecule has 1 nitrogen and oxygen atoms in total. The van der Waals surface area contributed by atoms with Crippen molar-refractivity contribution < 1.29 is 0 Å². The van der Waals surface area contributed by atoms with Gasteiger partial charge in [0, 0.05) is 6.54 Å². The standard InChI is InChI=1S/C19H33N/c1-2-3-4-5-6-7-8-9-10-11-14-18-15-12-13-16-19(18)17-20/h12-13,15-16H,2-11,14,17,20H2,1H3. The Morgan fingerprint density at radius 2 is 1.20 bits per heavy atom. The van der Waals surface area contributed by atoms with Gasteiger partial charge in [0.05, 0.1) is 0 Å². The number of hydrogen-bond donors (Lipinski definition) is 1. The van der Waals surface area contributed by atoms with Crippen LogP contribution in [0.4, 0.5) is 0 Å². The van der Waals surface area contributed by atoms with E-state index in [9.17, 15) is 0 Å². The van der Waals surface area contributed by atoms with Crippen molar-refractivity contribution in [2.75, 3.05) is 0 Å². The van der Waals surface area contributed by atoms with Crippen molar-refractivity contribution >= 4 is 0 Å². The Morgan fingerprint density at radius 3 is 1.75 bits per heavy atom. The van der Waals surface area contributed by atoms with E-state index in [1.807, 2.05) is 0 Å². The number of benzene rings is 1. The number of rotatable bonds is 12. The van der Waals surface area contributed by atoms with Gasteiger partial charge in [-0.05, 0) is 24.0 Å². The fraction of sp³-hybridized carbons (Fsp3) is 0.684. The van der Waals surface area contributed by atoms with Crippen LogP contribution in [0.25, 0.3) is 0 Å². The topological polar surface area (TPSA) is 26.0 Å². The molecule has 114 valence electrons. The molecule has 1 aromatic carbocycles. The van der Waals surface area contributed by atoms with Crippen LogP contribution >= 0.6 is 0 Å². The third-order valence-corrected chi connectivity index (χ3v) is 4.14. The van der Waals surface area contributed by atoms with Crippen LogP contribution in [-0.2, 0) is 13.0 Å². The van der Waals surface area contributed by atoms with Gasteiger partial charge in [-0.25, -0.2) is 0 Å². The largest absolute Gasteiger partial charge is 0.326 e. The second kappa shape index (κ2) is 12.0. The van der Waals surface area contributed by atoms with Crippen molar-refractivity contribution in [1.29, 1.82) is 0 Å². The van der Waals surface area contributed by atoms with Crippen molar-refractivity contribution in [2.24, 2.45) is 5.73 Å². The molecule has 0 aromatic heterocycles. The first kappa shape index (κ1) is 17.2. The average molecular weight is 275 g/mol. The first-order valence-electron chi connectivity index (χ1n) is 8.65. The summed E-state index contributed by atoms with van der Waals surface area (Å²) in [6.07, 6.45) is 15.2. The van der Waals surface area contributed by atoms with Crippen LogP contribution in [-0.4, -0.2) is 0 Å². The average Bonchev–Trinajstić information content (AvgIpc) is 2.49. The quantitative estimate of drug-likeness (QED) is 0.493. The van der Waals surface area contributed by atoms with Crippen LogP contribution in [0.5, 0.6) is 0 Å². The highest BCUT2D eigenvalue weighted by atomic mass is 14.5. The molecule has 1 heteroatoms. The smallest absolute Gasteiger partial charge is 0.0180 e. The Kier molecular flexibility index (Phi) is 10.3. The van der Waals surface area contributed by atoms with Gasteiger partial charge in [0.25, 0.3) is 0 Å². The SMILES string of the molecule is CCCCCCCCCCCCc1ccccc1CN. The summed E-state index contributed by atoms with van der Waals surface area (Å²) in [5.41, 5.74) is 8.55. The summed E-state index contributed by atoms with van der Waals surface area (Å²) in [6.45, 7) is 2.96. The predicted octanol–water partition coefficient (Wildman–Crippen LogP) is 5.61. The summed E-state index contributed by atoms with van der Waals surface area (Å²) in [7, 11) is 0. The van der Waals surface area contributed by atoms with E-state index in [0.29, 0.717) is 6.54 Å². The molecule has 0 spiro atoms. The van der Waals surface area contributed by atoms with Crippen LogP contribution in [0, 0.1) is 0 Å². The predicted molar refractivity (Wildman–Crippen MR) is 89.9 cm³/mol. The number of aryl methyl sites for hydroxylation is 1. The zero-order valence-electron chi connectivity index (χ0n) is 13.4. The van der Waals surface area contributed by atoms with Gasteiger partial charge in [-0.1, -0.05) is 89.0 Å². The first-order valence-corrected chi connectivity index (χ1v) is 8.65. The third-order valence-electron chi connectivity index (χ3n) is 4.14. The Balaban J connectivity index is 1.97. The van der Waals surface area contributed by atoms with E-state index in [4.69, 9.17) is 5.73 Å². The van der Waals surface area contributed by atoms with Gasteiger partial charge in [0.1, 0.15) is 0 Å². The molecule has 0 heterocycles. The summed E-state index contributed by atoms with van der Waals surface area (Å²) in [5.74, 6) is 0. The van der Waals surface area contributed by atoms with Crippen molar-refractivity contribution in [3.05, 3.63) is 35.4 Å². The second-order valence-electron chi connectivity index (χ2n) is 5.90. The summed E-state index contributed by atoms with van der Waals surface area (Å²) in [5, 5.41) is 0. The molecule has 0 aliphatic rings. The molecule has 1 rings (SSSR count). The molecule has 0 unspecified atom stereocenters. The third kappa shape index (κ3) is 7.69. The fourth-order valence-electron chi connectivity index (χ4n) is 2.80. The molecule has 0 bridgehead atoms. The van der Waals surface area contributed by atoms with Gasteiger partial charge < -0.3 is 5.73 Å². The summed E-state index contributed by atoms with van der Waals surface area (Å²) in [6, 6.07) is 8.61. The van der Waals surface area contributed by atoms with Gasteiger partial charge in [-0.3, -0.25) is 0 Å². The van der Waals surface area contributed by atoms with Gasteiger partial charge in [0.2, 0.25) is 0 Å². The first-order chi connectivity index (χ1) is 9.88. The highest BCUT2D eigenvalue weighted by Crippen LogP contribution is 2.14. The van der Waals surface area contributed by atoms with Crippen molar-refractivity contribution in [3.8, 4) is 0 Å². The summed E-state index contributed by atoms with van der Waals surface area (Å²) < 4.78 is 0. The number of nitrogens with two attached hydrogens (primary N) is 1. The molecule has 0 saturated heterocycles. The maximum atomic E-state index is 5.77. The number of unbranched alkanes of at least 4 members (excludes halogenated alkanes) is 9. The van der Waals surface area contributed by atoms with Gasteiger partial charge >= 0.3 is 0 Å². The molecular weight excluding hydrogens is 242 g/mol. The Hall–Kier alpha value is -0.820. The van der Waals surface area contributed by atoms with Gasteiger partial charge in [-0.2, -0.15) is 0 Å². The highest BCUT2D eigenvalue weighted by Gasteiger charge is 1.99. The van der Waals surface area contributed by atoms with Crippen molar-refractivity contribution in [2.45, 2.75) is 84.1 Å². The lowest BCUT2D eigenvalue weighted by atomic mass is 10.00. The second-order valence-corrected chi connectivity index (χ2v) is 5.90. The van der Waals surface area contributed by atoms with Crippen LogP contribution in [0.3, 0.4) is 0 Å². The molecule has 0 saturated carbocycles. The van der Waals surface area contributed by atoms with E-state index in [1.165, 1.54) is 81.8 Å². The minimum atomic E-state index is 0.675. The van der Waals surface area contributed by atoms with E-state index in [-0.39, 0.29) is 0 Å². The zero-order chi connectivity index (χ0) is 14.5. The maximum Gasteiger partial charge on any atom is 0.0180 e. The molecule has 0 aliphatic heterocycles. The molecule has 0 radical (unpaired) electrons. The minimum Gasteiger partial charge on any atom is -0.326 e. The Morgan fingerprint density at radius 1 is 0.700 bits per heavy atom. The molecule has 0 fully saturated rings.